The first-order chi connectivity index (χ1) is 8.58. The van der Waals surface area contributed by atoms with Crippen molar-refractivity contribution >= 4 is 11.7 Å². The van der Waals surface area contributed by atoms with Crippen LogP contribution in [0.1, 0.15) is 11.1 Å². The largest absolute Gasteiger partial charge is 0.478 e. The second kappa shape index (κ2) is 4.96. The molecule has 0 amide bonds. The maximum absolute atomic E-state index is 10.9. The van der Waals surface area contributed by atoms with Crippen molar-refractivity contribution in [3.63, 3.8) is 0 Å². The zero-order valence-corrected chi connectivity index (χ0v) is 10.5. The first-order valence-electron chi connectivity index (χ1n) is 5.78. The predicted molar refractivity (Wildman–Crippen MR) is 71.1 cm³/mol. The lowest BCUT2D eigenvalue weighted by Gasteiger charge is -2.26. The van der Waals surface area contributed by atoms with Gasteiger partial charge in [0.25, 0.3) is 0 Å². The number of benzene rings is 1. The monoisotopic (exact) mass is 244 g/mol. The van der Waals surface area contributed by atoms with E-state index in [-0.39, 0.29) is 0 Å². The Balaban J connectivity index is 2.12. The van der Waals surface area contributed by atoms with Crippen molar-refractivity contribution < 1.29 is 9.90 Å². The molecule has 0 aromatic heterocycles. The molecule has 2 rings (SSSR count). The molecule has 94 valence electrons. The summed E-state index contributed by atoms with van der Waals surface area (Å²) < 4.78 is 0. The molecule has 18 heavy (non-hydrogen) atoms. The van der Waals surface area contributed by atoms with E-state index in [0.29, 0.717) is 12.1 Å². The van der Waals surface area contributed by atoms with Crippen molar-refractivity contribution in [2.45, 2.75) is 13.8 Å². The molecule has 1 aromatic carbocycles. The summed E-state index contributed by atoms with van der Waals surface area (Å²) in [5, 5.41) is 10.7. The van der Waals surface area contributed by atoms with Crippen LogP contribution in [0.25, 0.3) is 0 Å². The minimum absolute atomic E-state index is 0.346. The van der Waals surface area contributed by atoms with Gasteiger partial charge >= 0.3 is 5.97 Å². The molecular weight excluding hydrogens is 228 g/mol. The molecule has 0 saturated carbocycles. The number of nitrogens with one attached hydrogen (secondary N) is 1. The van der Waals surface area contributed by atoms with Gasteiger partial charge in [-0.15, -0.1) is 0 Å². The number of carboxylic acid groups (broad SMARTS) is 1. The molecule has 1 heterocycles. The van der Waals surface area contributed by atoms with Gasteiger partial charge in [-0.3, -0.25) is 10.4 Å². The quantitative estimate of drug-likeness (QED) is 0.857. The lowest BCUT2D eigenvalue weighted by molar-refractivity contribution is -0.132. The Morgan fingerprint density at radius 2 is 2.17 bits per heavy atom. The topological polar surface area (TPSA) is 52.6 Å². The Labute approximate surface area is 106 Å². The van der Waals surface area contributed by atoms with E-state index >= 15 is 0 Å². The van der Waals surface area contributed by atoms with Crippen molar-refractivity contribution in [3.05, 3.63) is 53.3 Å². The smallest absolute Gasteiger partial charge is 0.333 e. The number of aliphatic carboxylic acids is 1. The maximum atomic E-state index is 10.9. The van der Waals surface area contributed by atoms with Crippen LogP contribution >= 0.6 is 0 Å². The second-order valence-corrected chi connectivity index (χ2v) is 4.33. The maximum Gasteiger partial charge on any atom is 0.333 e. The first kappa shape index (κ1) is 12.2. The Hall–Kier alpha value is -2.23. The number of hydrogen-bond donors (Lipinski definition) is 2. The van der Waals surface area contributed by atoms with E-state index in [4.69, 9.17) is 5.11 Å². The number of hydrogen-bond acceptors (Lipinski definition) is 3. The highest BCUT2D eigenvalue weighted by Crippen LogP contribution is 2.19. The molecule has 0 bridgehead atoms. The molecule has 0 radical (unpaired) electrons. The molecule has 1 aliphatic heterocycles. The Morgan fingerprint density at radius 3 is 2.89 bits per heavy atom. The number of anilines is 1. The summed E-state index contributed by atoms with van der Waals surface area (Å²) in [6, 6.07) is 6.01. The van der Waals surface area contributed by atoms with Crippen LogP contribution in [0.2, 0.25) is 0 Å². The van der Waals surface area contributed by atoms with Gasteiger partial charge in [-0.25, -0.2) is 4.79 Å². The van der Waals surface area contributed by atoms with Gasteiger partial charge in [0.15, 0.2) is 0 Å². The van der Waals surface area contributed by atoms with Crippen molar-refractivity contribution in [2.24, 2.45) is 0 Å². The van der Waals surface area contributed by atoms with E-state index in [1.54, 1.807) is 17.2 Å². The normalized spacial score (nSPS) is 14.3. The fourth-order valence-corrected chi connectivity index (χ4v) is 1.79. The molecule has 1 aromatic rings. The summed E-state index contributed by atoms with van der Waals surface area (Å²) in [6.07, 6.45) is 5.17. The summed E-state index contributed by atoms with van der Waals surface area (Å²) in [4.78, 5) is 10.9. The van der Waals surface area contributed by atoms with Gasteiger partial charge in [-0.1, -0.05) is 12.1 Å². The number of carbonyl (C=O) groups is 1. The SMILES string of the molecule is Cc1cccc(NN2C=CC=C(C(=O)O)C2)c1C. The van der Waals surface area contributed by atoms with E-state index in [2.05, 4.69) is 18.4 Å². The molecule has 4 heteroatoms. The van der Waals surface area contributed by atoms with Gasteiger partial charge in [0.2, 0.25) is 0 Å². The van der Waals surface area contributed by atoms with Gasteiger partial charge < -0.3 is 5.11 Å². The minimum atomic E-state index is -0.882. The summed E-state index contributed by atoms with van der Waals surface area (Å²) in [5.74, 6) is -0.882. The van der Waals surface area contributed by atoms with Crippen LogP contribution in [0.15, 0.2) is 42.1 Å². The van der Waals surface area contributed by atoms with Crippen LogP contribution in [0.4, 0.5) is 5.69 Å². The fraction of sp³-hybridized carbons (Fsp3) is 0.214. The zero-order valence-electron chi connectivity index (χ0n) is 10.5. The molecule has 1 aliphatic rings. The minimum Gasteiger partial charge on any atom is -0.478 e. The molecule has 0 spiro atoms. The van der Waals surface area contributed by atoms with Crippen molar-refractivity contribution in [1.82, 2.24) is 5.01 Å². The summed E-state index contributed by atoms with van der Waals surface area (Å²) in [6.45, 7) is 4.44. The predicted octanol–water partition coefficient (Wildman–Crippen LogP) is 2.47. The number of aryl methyl sites for hydroxylation is 1. The third kappa shape index (κ3) is 2.53. The van der Waals surface area contributed by atoms with Crippen LogP contribution in [0, 0.1) is 13.8 Å². The molecular formula is C14H16N2O2. The Bertz CT molecular complexity index is 533. The highest BCUT2D eigenvalue weighted by molar-refractivity contribution is 5.87. The lowest BCUT2D eigenvalue weighted by atomic mass is 10.1. The first-order valence-corrected chi connectivity index (χ1v) is 5.78. The number of allylic oxidation sites excluding steroid dienone is 2. The number of carboxylic acids is 1. The fourth-order valence-electron chi connectivity index (χ4n) is 1.79. The highest BCUT2D eigenvalue weighted by atomic mass is 16.4. The molecule has 0 fully saturated rings. The van der Waals surface area contributed by atoms with E-state index in [1.807, 2.05) is 25.3 Å². The zero-order chi connectivity index (χ0) is 13.1. The van der Waals surface area contributed by atoms with Crippen molar-refractivity contribution in [2.75, 3.05) is 12.0 Å². The second-order valence-electron chi connectivity index (χ2n) is 4.33. The van der Waals surface area contributed by atoms with Crippen LogP contribution < -0.4 is 5.43 Å². The molecule has 0 unspecified atom stereocenters. The van der Waals surface area contributed by atoms with Gasteiger partial charge in [0.05, 0.1) is 17.8 Å². The van der Waals surface area contributed by atoms with E-state index in [0.717, 1.165) is 11.3 Å². The average molecular weight is 244 g/mol. The van der Waals surface area contributed by atoms with Gasteiger partial charge in [0, 0.05) is 6.20 Å². The third-order valence-corrected chi connectivity index (χ3v) is 3.05. The summed E-state index contributed by atoms with van der Waals surface area (Å²) >= 11 is 0. The summed E-state index contributed by atoms with van der Waals surface area (Å²) in [5.41, 5.74) is 6.95. The number of rotatable bonds is 3. The third-order valence-electron chi connectivity index (χ3n) is 3.05. The Morgan fingerprint density at radius 1 is 1.39 bits per heavy atom. The van der Waals surface area contributed by atoms with Crippen LogP contribution in [-0.4, -0.2) is 22.6 Å². The van der Waals surface area contributed by atoms with Crippen LogP contribution in [0.3, 0.4) is 0 Å². The molecule has 0 atom stereocenters. The van der Waals surface area contributed by atoms with Gasteiger partial charge in [-0.05, 0) is 43.2 Å². The standard InChI is InChI=1S/C14H16N2O2/c1-10-5-3-7-13(11(10)2)15-16-8-4-6-12(9-16)14(17)18/h3-8,15H,9H2,1-2H3,(H,17,18). The highest BCUT2D eigenvalue weighted by Gasteiger charge is 2.14. The van der Waals surface area contributed by atoms with E-state index in [1.165, 1.54) is 5.56 Å². The van der Waals surface area contributed by atoms with E-state index < -0.39 is 5.97 Å². The van der Waals surface area contributed by atoms with Gasteiger partial charge in [-0.2, -0.15) is 0 Å². The number of nitrogens with zero attached hydrogens (tertiary/aromatic N) is 1. The Kier molecular flexibility index (Phi) is 3.37. The molecule has 0 aliphatic carbocycles. The van der Waals surface area contributed by atoms with Gasteiger partial charge in [0.1, 0.15) is 0 Å². The van der Waals surface area contributed by atoms with Crippen LogP contribution in [0.5, 0.6) is 0 Å². The average Bonchev–Trinajstić information content (AvgIpc) is 2.35. The molecule has 0 saturated heterocycles. The number of hydrazine groups is 1. The lowest BCUT2D eigenvalue weighted by Crippen LogP contribution is -2.30. The van der Waals surface area contributed by atoms with Crippen molar-refractivity contribution in [3.8, 4) is 0 Å². The molecule has 4 nitrogen and oxygen atoms in total. The van der Waals surface area contributed by atoms with Crippen LogP contribution in [-0.2, 0) is 4.79 Å². The van der Waals surface area contributed by atoms with Crippen molar-refractivity contribution in [1.29, 1.82) is 0 Å². The summed E-state index contributed by atoms with van der Waals surface area (Å²) in [7, 11) is 0. The van der Waals surface area contributed by atoms with E-state index in [9.17, 15) is 4.79 Å². The molecule has 2 N–H and O–H groups in total.